The fourth-order valence-electron chi connectivity index (χ4n) is 11.7. The van der Waals surface area contributed by atoms with Crippen molar-refractivity contribution in [1.82, 2.24) is 41.3 Å². The summed E-state index contributed by atoms with van der Waals surface area (Å²) in [4.78, 5) is 144. The quantitative estimate of drug-likeness (QED) is 0.0338. The number of amides is 10. The van der Waals surface area contributed by atoms with Crippen LogP contribution in [0.25, 0.3) is 0 Å². The normalized spacial score (nSPS) is 16.1. The van der Waals surface area contributed by atoms with Crippen molar-refractivity contribution in [3.05, 3.63) is 65.7 Å². The van der Waals surface area contributed by atoms with E-state index in [1.54, 1.807) is 109 Å². The maximum atomic E-state index is 14.8. The Morgan fingerprint density at radius 2 is 1.24 bits per heavy atom. The molecule has 3 rings (SSSR count). The molecule has 30 nitrogen and oxygen atoms in total. The average molecular weight is 1400 g/mol. The van der Waals surface area contributed by atoms with E-state index in [0.717, 1.165) is 5.56 Å². The van der Waals surface area contributed by atoms with Crippen molar-refractivity contribution < 1.29 is 91.0 Å². The largest absolute Gasteiger partial charge is 0.480 e. The van der Waals surface area contributed by atoms with E-state index in [-0.39, 0.29) is 82.8 Å². The van der Waals surface area contributed by atoms with Gasteiger partial charge in [0.2, 0.25) is 41.4 Å². The molecule has 11 N–H and O–H groups in total. The minimum Gasteiger partial charge on any atom is -0.480 e. The first-order chi connectivity index (χ1) is 47.1. The number of nitrogens with zero attached hydrogens (tertiary/aromatic N) is 3. The number of carboxylic acid groups (broad SMARTS) is 1. The Morgan fingerprint density at radius 1 is 0.657 bits per heavy atom. The molecule has 99 heavy (non-hydrogen) atoms. The summed E-state index contributed by atoms with van der Waals surface area (Å²) >= 11 is 0. The second-order valence-corrected chi connectivity index (χ2v) is 25.8. The molecule has 10 amide bonds. The van der Waals surface area contributed by atoms with Crippen molar-refractivity contribution in [1.29, 1.82) is 0 Å². The van der Waals surface area contributed by atoms with E-state index in [2.05, 4.69) is 36.7 Å². The van der Waals surface area contributed by atoms with Gasteiger partial charge >= 0.3 is 18.1 Å². The molecule has 2 aromatic rings. The number of urea groups is 1. The van der Waals surface area contributed by atoms with Gasteiger partial charge < -0.3 is 90.5 Å². The highest BCUT2D eigenvalue weighted by Gasteiger charge is 2.44. The van der Waals surface area contributed by atoms with E-state index >= 15 is 0 Å². The maximum Gasteiger partial charge on any atom is 0.410 e. The van der Waals surface area contributed by atoms with Crippen molar-refractivity contribution >= 4 is 65.1 Å². The second kappa shape index (κ2) is 46.0. The predicted molar refractivity (Wildman–Crippen MR) is 368 cm³/mol. The van der Waals surface area contributed by atoms with Crippen LogP contribution in [0, 0.1) is 29.6 Å². The van der Waals surface area contributed by atoms with Gasteiger partial charge in [0, 0.05) is 59.9 Å². The molecule has 0 aromatic heterocycles. The van der Waals surface area contributed by atoms with E-state index in [1.807, 2.05) is 19.9 Å². The van der Waals surface area contributed by atoms with Crippen LogP contribution in [-0.2, 0) is 89.4 Å². The molecule has 1 saturated heterocycles. The van der Waals surface area contributed by atoms with Crippen LogP contribution in [0.2, 0.25) is 0 Å². The number of hydrogen-bond donors (Lipinski definition) is 9. The number of benzene rings is 2. The number of ether oxygens (including phenoxy) is 7. The Morgan fingerprint density at radius 3 is 1.78 bits per heavy atom. The lowest BCUT2D eigenvalue weighted by Crippen LogP contribution is -2.60. The van der Waals surface area contributed by atoms with Crippen LogP contribution in [0.15, 0.2) is 54.6 Å². The zero-order chi connectivity index (χ0) is 73.7. The highest BCUT2D eigenvalue weighted by atomic mass is 16.6. The molecule has 2 aromatic carbocycles. The molecule has 0 bridgehead atoms. The SMILES string of the molecule is CC[C@H](C)[C@@H]([C@@H](CC(=O)N1CCC[C@H]1C(OC)[C@@H](C)C(=O)N[C@@H](Cc1ccccc1)C(=O)O)OC)N(C)C(=O)[C@@H](NC(=O)[C@H](C(C)C)N(C)C(=O)OCc1ccc(NC(=O)[C@H](CCCNC(N)=O)NC(=O)[C@@H](NC(=O)CCOCCOCCOCCOCCON)C(C)C)cc1)C(C)C. The summed E-state index contributed by atoms with van der Waals surface area (Å²) in [6.45, 7) is 19.1. The summed E-state index contributed by atoms with van der Waals surface area (Å²) < 4.78 is 39.4. The van der Waals surface area contributed by atoms with E-state index in [0.29, 0.717) is 76.7 Å². The molecular weight excluding hydrogens is 1290 g/mol. The van der Waals surface area contributed by atoms with Crippen molar-refractivity contribution in [2.24, 2.45) is 41.2 Å². The number of methoxy groups -OCH3 is 2. The number of carbonyl (C=O) groups excluding carboxylic acids is 9. The number of hydrogen-bond acceptors (Lipinski definition) is 19. The van der Waals surface area contributed by atoms with Crippen LogP contribution < -0.4 is 43.5 Å². The number of anilines is 1. The Kier molecular flexibility index (Phi) is 39.8. The molecule has 1 heterocycles. The molecule has 0 aliphatic carbocycles. The summed E-state index contributed by atoms with van der Waals surface area (Å²) in [6, 6.07) is 7.90. The van der Waals surface area contributed by atoms with E-state index in [4.69, 9.17) is 44.8 Å². The molecule has 1 aliphatic rings. The van der Waals surface area contributed by atoms with Gasteiger partial charge in [-0.2, -0.15) is 0 Å². The fourth-order valence-corrected chi connectivity index (χ4v) is 11.7. The van der Waals surface area contributed by atoms with Gasteiger partial charge in [-0.05, 0) is 72.6 Å². The molecule has 30 heteroatoms. The highest BCUT2D eigenvalue weighted by Crippen LogP contribution is 2.30. The number of carbonyl (C=O) groups is 10. The Hall–Kier alpha value is -7.58. The number of carboxylic acids is 1. The first-order valence-corrected chi connectivity index (χ1v) is 34.2. The Bertz CT molecular complexity index is 2800. The van der Waals surface area contributed by atoms with Gasteiger partial charge in [-0.15, -0.1) is 0 Å². The van der Waals surface area contributed by atoms with E-state index in [1.165, 1.54) is 31.1 Å². The Balaban J connectivity index is 1.64. The number of aliphatic carboxylic acids is 1. The van der Waals surface area contributed by atoms with Gasteiger partial charge in [-0.3, -0.25) is 38.5 Å². The Labute approximate surface area is 583 Å². The zero-order valence-corrected chi connectivity index (χ0v) is 60.2. The molecule has 0 spiro atoms. The van der Waals surface area contributed by atoms with Gasteiger partial charge in [-0.25, -0.2) is 20.3 Å². The van der Waals surface area contributed by atoms with Crippen LogP contribution in [0.4, 0.5) is 15.3 Å². The van der Waals surface area contributed by atoms with Crippen molar-refractivity contribution in [3.8, 4) is 0 Å². The van der Waals surface area contributed by atoms with Gasteiger partial charge in [-0.1, -0.05) is 111 Å². The molecular formula is C69H113N11O19. The van der Waals surface area contributed by atoms with Crippen molar-refractivity contribution in [3.63, 3.8) is 0 Å². The smallest absolute Gasteiger partial charge is 0.410 e. The molecule has 11 atom stereocenters. The number of rotatable bonds is 48. The number of primary amides is 1. The number of nitrogens with one attached hydrogen (secondary N) is 6. The lowest BCUT2D eigenvalue weighted by Gasteiger charge is -2.41. The number of likely N-dealkylation sites (tertiary alicyclic amines) is 1. The topological polar surface area (TPSA) is 399 Å². The van der Waals surface area contributed by atoms with Crippen LogP contribution in [0.3, 0.4) is 0 Å². The molecule has 0 saturated carbocycles. The van der Waals surface area contributed by atoms with Crippen molar-refractivity contribution in [2.45, 2.75) is 175 Å². The summed E-state index contributed by atoms with van der Waals surface area (Å²) in [5.74, 6) is -2.07. The second-order valence-electron chi connectivity index (χ2n) is 25.8. The fraction of sp³-hybridized carbons (Fsp3) is 0.681. The minimum atomic E-state index is -1.19. The van der Waals surface area contributed by atoms with E-state index in [9.17, 15) is 53.1 Å². The summed E-state index contributed by atoms with van der Waals surface area (Å²) in [7, 11) is 5.97. The average Bonchev–Trinajstić information content (AvgIpc) is 1.40. The van der Waals surface area contributed by atoms with E-state index < -0.39 is 126 Å². The van der Waals surface area contributed by atoms with Crippen LogP contribution in [0.1, 0.15) is 118 Å². The summed E-state index contributed by atoms with van der Waals surface area (Å²) in [6.07, 6.45) is -0.447. The lowest BCUT2D eigenvalue weighted by molar-refractivity contribution is -0.148. The highest BCUT2D eigenvalue weighted by molar-refractivity contribution is 5.98. The standard InChI is InChI=1S/C69H113N11O19/c1-14-46(8)60(54(92-12)41-56(82)80-30-19-23-53(80)61(93-13)47(9)62(83)75-52(67(88)89)40-48-20-16-15-17-21-48)78(10)66(87)58(44(4)5)77-65(86)59(45(6)7)79(11)69(91)98-42-49-24-26-50(27-25-49)73-63(84)51(22-18-29-72-68(70)90)74-64(85)57(43(2)3)76-55(81)28-31-94-32-33-95-34-35-96-36-37-97-38-39-99-71/h15-17,20-21,24-27,43-47,51-54,57-61H,14,18-19,22-23,28-42,71H2,1-13H3,(H,73,84)(H,74,85)(H,75,83)(H,76,81)(H,77,86)(H,88,89)(H3,70,72,90)/t46-,47+,51-,52-,53-,54+,57-,58-,59-,60-,61?/m0/s1. The summed E-state index contributed by atoms with van der Waals surface area (Å²) in [5.41, 5.74) is 6.85. The predicted octanol–water partition coefficient (Wildman–Crippen LogP) is 3.51. The minimum absolute atomic E-state index is 0.0450. The van der Waals surface area contributed by atoms with Crippen molar-refractivity contribution in [2.75, 3.05) is 106 Å². The van der Waals surface area contributed by atoms with Crippen LogP contribution in [-0.4, -0.2) is 235 Å². The third-order valence-electron chi connectivity index (χ3n) is 17.4. The zero-order valence-electron chi connectivity index (χ0n) is 60.2. The van der Waals surface area contributed by atoms with Gasteiger partial charge in [0.25, 0.3) is 0 Å². The van der Waals surface area contributed by atoms with Gasteiger partial charge in [0.1, 0.15) is 36.8 Å². The van der Waals surface area contributed by atoms with Crippen LogP contribution >= 0.6 is 0 Å². The maximum absolute atomic E-state index is 14.8. The molecule has 1 fully saturated rings. The number of likely N-dealkylation sites (N-methyl/N-ethyl adjacent to an activating group) is 2. The molecule has 0 radical (unpaired) electrons. The molecule has 1 unspecified atom stereocenters. The lowest BCUT2D eigenvalue weighted by atomic mass is 9.89. The first kappa shape index (κ1) is 85.6. The molecule has 558 valence electrons. The summed E-state index contributed by atoms with van der Waals surface area (Å²) in [5, 5.41) is 26.4. The monoisotopic (exact) mass is 1400 g/mol. The van der Waals surface area contributed by atoms with Crippen LogP contribution in [0.5, 0.6) is 0 Å². The third-order valence-corrected chi connectivity index (χ3v) is 17.4. The first-order valence-electron chi connectivity index (χ1n) is 34.2. The van der Waals surface area contributed by atoms with Gasteiger partial charge in [0.15, 0.2) is 0 Å². The third kappa shape index (κ3) is 29.6. The number of nitrogens with two attached hydrogens (primary N) is 2. The van der Waals surface area contributed by atoms with Gasteiger partial charge in [0.05, 0.1) is 96.1 Å². The molecule has 1 aliphatic heterocycles.